The molecule has 0 bridgehead atoms. The highest BCUT2D eigenvalue weighted by atomic mass is 16.5. The lowest BCUT2D eigenvalue weighted by molar-refractivity contribution is -0.127. The second-order valence-electron chi connectivity index (χ2n) is 4.59. The molecule has 19 heavy (non-hydrogen) atoms. The summed E-state index contributed by atoms with van der Waals surface area (Å²) in [5.74, 6) is 0.505. The summed E-state index contributed by atoms with van der Waals surface area (Å²) in [4.78, 5) is 11.8. The van der Waals surface area contributed by atoms with E-state index in [0.29, 0.717) is 12.4 Å². The number of rotatable bonds is 6. The first-order chi connectivity index (χ1) is 9.20. The van der Waals surface area contributed by atoms with Crippen LogP contribution in [0, 0.1) is 0 Å². The molecule has 1 saturated carbocycles. The number of ether oxygens (including phenoxy) is 2. The standard InChI is InChI=1S/C14H20N2O3/c1-2-18-12-8-11(15)14(12)16-13(17)9-19-10-6-4-3-5-7-10/h3-7,11-12,14H,2,8-9,15H2,1H3,(H,16,17). The van der Waals surface area contributed by atoms with Gasteiger partial charge in [-0.15, -0.1) is 0 Å². The van der Waals surface area contributed by atoms with E-state index in [-0.39, 0.29) is 30.7 Å². The van der Waals surface area contributed by atoms with Crippen molar-refractivity contribution in [3.05, 3.63) is 30.3 Å². The quantitative estimate of drug-likeness (QED) is 0.792. The first-order valence-corrected chi connectivity index (χ1v) is 6.55. The summed E-state index contributed by atoms with van der Waals surface area (Å²) >= 11 is 0. The van der Waals surface area contributed by atoms with E-state index in [1.165, 1.54) is 0 Å². The molecular formula is C14H20N2O3. The summed E-state index contributed by atoms with van der Waals surface area (Å²) in [7, 11) is 0. The van der Waals surface area contributed by atoms with Crippen LogP contribution in [0.15, 0.2) is 30.3 Å². The smallest absolute Gasteiger partial charge is 0.258 e. The maximum absolute atomic E-state index is 11.8. The molecule has 1 aliphatic rings. The molecule has 2 rings (SSSR count). The number of hydrogen-bond donors (Lipinski definition) is 2. The minimum absolute atomic E-state index is 0.00786. The van der Waals surface area contributed by atoms with Crippen LogP contribution in [-0.2, 0) is 9.53 Å². The summed E-state index contributed by atoms with van der Waals surface area (Å²) in [6, 6.07) is 9.11. The topological polar surface area (TPSA) is 73.6 Å². The Labute approximate surface area is 113 Å². The van der Waals surface area contributed by atoms with Gasteiger partial charge in [-0.3, -0.25) is 4.79 Å². The summed E-state index contributed by atoms with van der Waals surface area (Å²) in [6.45, 7) is 2.55. The van der Waals surface area contributed by atoms with Crippen LogP contribution in [0.2, 0.25) is 0 Å². The van der Waals surface area contributed by atoms with E-state index in [0.717, 1.165) is 6.42 Å². The molecule has 1 fully saturated rings. The average Bonchev–Trinajstić information content (AvgIpc) is 2.43. The molecule has 0 saturated heterocycles. The first kappa shape index (κ1) is 13.8. The van der Waals surface area contributed by atoms with Crippen LogP contribution in [0.5, 0.6) is 5.75 Å². The van der Waals surface area contributed by atoms with Crippen LogP contribution in [0.1, 0.15) is 13.3 Å². The van der Waals surface area contributed by atoms with Crippen LogP contribution >= 0.6 is 0 Å². The molecule has 5 heteroatoms. The van der Waals surface area contributed by atoms with Crippen LogP contribution in [0.25, 0.3) is 0 Å². The molecule has 0 spiro atoms. The van der Waals surface area contributed by atoms with Crippen LogP contribution in [0.4, 0.5) is 0 Å². The molecular weight excluding hydrogens is 244 g/mol. The number of amides is 1. The number of para-hydroxylation sites is 1. The minimum Gasteiger partial charge on any atom is -0.484 e. The van der Waals surface area contributed by atoms with Gasteiger partial charge in [-0.2, -0.15) is 0 Å². The van der Waals surface area contributed by atoms with Gasteiger partial charge in [0.1, 0.15) is 5.75 Å². The fraction of sp³-hybridized carbons (Fsp3) is 0.500. The van der Waals surface area contributed by atoms with E-state index >= 15 is 0 Å². The predicted molar refractivity (Wildman–Crippen MR) is 71.9 cm³/mol. The minimum atomic E-state index is -0.172. The van der Waals surface area contributed by atoms with Gasteiger partial charge in [0.25, 0.3) is 5.91 Å². The lowest BCUT2D eigenvalue weighted by Crippen LogP contribution is -2.65. The molecule has 1 aliphatic carbocycles. The summed E-state index contributed by atoms with van der Waals surface area (Å²) < 4.78 is 10.9. The van der Waals surface area contributed by atoms with Crippen molar-refractivity contribution >= 4 is 5.91 Å². The highest BCUT2D eigenvalue weighted by molar-refractivity contribution is 5.78. The third-order valence-corrected chi connectivity index (χ3v) is 3.19. The van der Waals surface area contributed by atoms with E-state index in [2.05, 4.69) is 5.32 Å². The molecule has 1 aromatic rings. The molecule has 1 amide bonds. The molecule has 0 aromatic heterocycles. The maximum Gasteiger partial charge on any atom is 0.258 e. The SMILES string of the molecule is CCOC1CC(N)C1NC(=O)COc1ccccc1. The Morgan fingerprint density at radius 3 is 2.79 bits per heavy atom. The second kappa shape index (κ2) is 6.54. The van der Waals surface area contributed by atoms with E-state index in [1.807, 2.05) is 37.3 Å². The molecule has 1 aromatic carbocycles. The predicted octanol–water partition coefficient (Wildman–Crippen LogP) is 0.686. The zero-order chi connectivity index (χ0) is 13.7. The normalized spacial score (nSPS) is 25.5. The fourth-order valence-corrected chi connectivity index (χ4v) is 2.12. The summed E-state index contributed by atoms with van der Waals surface area (Å²) in [5, 5.41) is 2.86. The third kappa shape index (κ3) is 3.68. The van der Waals surface area contributed by atoms with Crippen molar-refractivity contribution in [3.63, 3.8) is 0 Å². The van der Waals surface area contributed by atoms with Gasteiger partial charge in [-0.25, -0.2) is 0 Å². The third-order valence-electron chi connectivity index (χ3n) is 3.19. The largest absolute Gasteiger partial charge is 0.484 e. The van der Waals surface area contributed by atoms with Crippen LogP contribution < -0.4 is 15.8 Å². The van der Waals surface area contributed by atoms with Gasteiger partial charge < -0.3 is 20.5 Å². The van der Waals surface area contributed by atoms with Gasteiger partial charge in [0.2, 0.25) is 0 Å². The van der Waals surface area contributed by atoms with Crippen molar-refractivity contribution in [1.29, 1.82) is 0 Å². The Kier molecular flexibility index (Phi) is 4.76. The Hall–Kier alpha value is -1.59. The molecule has 0 heterocycles. The number of nitrogens with one attached hydrogen (secondary N) is 1. The van der Waals surface area contributed by atoms with E-state index < -0.39 is 0 Å². The molecule has 0 aliphatic heterocycles. The van der Waals surface area contributed by atoms with Gasteiger partial charge in [-0.1, -0.05) is 18.2 Å². The highest BCUT2D eigenvalue weighted by Gasteiger charge is 2.40. The van der Waals surface area contributed by atoms with Gasteiger partial charge >= 0.3 is 0 Å². The van der Waals surface area contributed by atoms with Crippen molar-refractivity contribution in [1.82, 2.24) is 5.32 Å². The van der Waals surface area contributed by atoms with E-state index in [1.54, 1.807) is 0 Å². The van der Waals surface area contributed by atoms with Gasteiger partial charge in [0.15, 0.2) is 6.61 Å². The monoisotopic (exact) mass is 264 g/mol. The Morgan fingerprint density at radius 1 is 1.42 bits per heavy atom. The number of carbonyl (C=O) groups is 1. The van der Waals surface area contributed by atoms with Gasteiger partial charge in [-0.05, 0) is 25.5 Å². The van der Waals surface area contributed by atoms with E-state index in [9.17, 15) is 4.79 Å². The van der Waals surface area contributed by atoms with Crippen molar-refractivity contribution in [2.45, 2.75) is 31.5 Å². The molecule has 3 unspecified atom stereocenters. The maximum atomic E-state index is 11.8. The molecule has 3 atom stereocenters. The zero-order valence-electron chi connectivity index (χ0n) is 11.0. The Balaban J connectivity index is 1.75. The zero-order valence-corrected chi connectivity index (χ0v) is 11.0. The van der Waals surface area contributed by atoms with Crippen LogP contribution in [-0.4, -0.2) is 37.3 Å². The number of hydrogen-bond acceptors (Lipinski definition) is 4. The first-order valence-electron chi connectivity index (χ1n) is 6.55. The Bertz CT molecular complexity index is 408. The number of carbonyl (C=O) groups excluding carboxylic acids is 1. The van der Waals surface area contributed by atoms with E-state index in [4.69, 9.17) is 15.2 Å². The number of nitrogens with two attached hydrogens (primary N) is 1. The fourth-order valence-electron chi connectivity index (χ4n) is 2.12. The highest BCUT2D eigenvalue weighted by Crippen LogP contribution is 2.22. The Morgan fingerprint density at radius 2 is 2.16 bits per heavy atom. The molecule has 5 nitrogen and oxygen atoms in total. The van der Waals surface area contributed by atoms with Crippen molar-refractivity contribution in [2.24, 2.45) is 5.73 Å². The van der Waals surface area contributed by atoms with Gasteiger partial charge in [0.05, 0.1) is 12.1 Å². The van der Waals surface area contributed by atoms with Gasteiger partial charge in [0, 0.05) is 12.6 Å². The lowest BCUT2D eigenvalue weighted by atomic mass is 9.83. The van der Waals surface area contributed by atoms with Crippen molar-refractivity contribution < 1.29 is 14.3 Å². The molecule has 0 radical (unpaired) electrons. The van der Waals surface area contributed by atoms with Crippen LogP contribution in [0.3, 0.4) is 0 Å². The van der Waals surface area contributed by atoms with Crippen molar-refractivity contribution in [3.8, 4) is 5.75 Å². The second-order valence-corrected chi connectivity index (χ2v) is 4.59. The summed E-state index contributed by atoms with van der Waals surface area (Å²) in [6.07, 6.45) is 0.818. The van der Waals surface area contributed by atoms with Crippen molar-refractivity contribution in [2.75, 3.05) is 13.2 Å². The number of benzene rings is 1. The average molecular weight is 264 g/mol. The molecule has 104 valence electrons. The lowest BCUT2D eigenvalue weighted by Gasteiger charge is -2.42. The summed E-state index contributed by atoms with van der Waals surface area (Å²) in [5.41, 5.74) is 5.86. The molecule has 3 N–H and O–H groups in total.